The molecule has 1 aliphatic heterocycles. The summed E-state index contributed by atoms with van der Waals surface area (Å²) in [6.45, 7) is 2.82. The number of nitrogens with zero attached hydrogens (tertiary/aromatic N) is 3. The molecule has 0 radical (unpaired) electrons. The molecular weight excluding hydrogens is 342 g/mol. The lowest BCUT2D eigenvalue weighted by molar-refractivity contribution is -0.113. The highest BCUT2D eigenvalue weighted by Gasteiger charge is 2.26. The number of carbonyl (C=O) groups is 1. The Labute approximate surface area is 156 Å². The summed E-state index contributed by atoms with van der Waals surface area (Å²) in [6, 6.07) is 18.2. The van der Waals surface area contributed by atoms with E-state index in [-0.39, 0.29) is 5.91 Å². The van der Waals surface area contributed by atoms with E-state index in [1.807, 2.05) is 55.6 Å². The Morgan fingerprint density at radius 3 is 2.62 bits per heavy atom. The van der Waals surface area contributed by atoms with Crippen LogP contribution in [0.15, 0.2) is 70.7 Å². The summed E-state index contributed by atoms with van der Waals surface area (Å²) in [4.78, 5) is 19.5. The second-order valence-corrected chi connectivity index (χ2v) is 7.11. The Hall–Kier alpha value is -2.79. The number of rotatable bonds is 3. The minimum atomic E-state index is -0.174. The summed E-state index contributed by atoms with van der Waals surface area (Å²) in [5.41, 5.74) is 3.23. The van der Waals surface area contributed by atoms with Crippen molar-refractivity contribution in [3.05, 3.63) is 71.3 Å². The molecule has 130 valence electrons. The SMILES string of the molecule is CCN(C1=NC(=O)/C(=C/c2cn(C)c3ccccc23)S1)c1ccccc1. The minimum Gasteiger partial charge on any atom is -0.350 e. The lowest BCUT2D eigenvalue weighted by atomic mass is 10.1. The lowest BCUT2D eigenvalue weighted by Crippen LogP contribution is -2.26. The van der Waals surface area contributed by atoms with Gasteiger partial charge in [0.1, 0.15) is 0 Å². The molecular formula is C21H19N3OS. The topological polar surface area (TPSA) is 37.6 Å². The number of benzene rings is 2. The molecule has 0 saturated carbocycles. The van der Waals surface area contributed by atoms with Gasteiger partial charge in [-0.25, -0.2) is 0 Å². The van der Waals surface area contributed by atoms with Crippen molar-refractivity contribution in [1.82, 2.24) is 4.57 Å². The molecule has 0 fully saturated rings. The molecule has 0 aliphatic carbocycles. The molecule has 0 saturated heterocycles. The first kappa shape index (κ1) is 16.7. The monoisotopic (exact) mass is 361 g/mol. The van der Waals surface area contributed by atoms with Gasteiger partial charge in [-0.2, -0.15) is 4.99 Å². The number of fused-ring (bicyclic) bond motifs is 1. The molecule has 0 N–H and O–H groups in total. The van der Waals surface area contributed by atoms with Crippen molar-refractivity contribution in [3.63, 3.8) is 0 Å². The van der Waals surface area contributed by atoms with Gasteiger partial charge in [0.15, 0.2) is 5.17 Å². The van der Waals surface area contributed by atoms with Crippen molar-refractivity contribution < 1.29 is 4.79 Å². The molecule has 4 nitrogen and oxygen atoms in total. The second kappa shape index (κ2) is 6.84. The Balaban J connectivity index is 1.66. The first-order chi connectivity index (χ1) is 12.7. The number of hydrogen-bond donors (Lipinski definition) is 0. The second-order valence-electron chi connectivity index (χ2n) is 6.10. The van der Waals surface area contributed by atoms with Crippen LogP contribution in [-0.4, -0.2) is 22.2 Å². The first-order valence-electron chi connectivity index (χ1n) is 8.56. The summed E-state index contributed by atoms with van der Waals surface area (Å²) in [6.07, 6.45) is 4.00. The molecule has 0 unspecified atom stereocenters. The Morgan fingerprint density at radius 2 is 1.85 bits per heavy atom. The zero-order valence-electron chi connectivity index (χ0n) is 14.7. The van der Waals surface area contributed by atoms with Crippen molar-refractivity contribution in [2.24, 2.45) is 12.0 Å². The van der Waals surface area contributed by atoms with E-state index in [1.54, 1.807) is 0 Å². The molecule has 2 heterocycles. The van der Waals surface area contributed by atoms with Crippen molar-refractivity contribution in [2.45, 2.75) is 6.92 Å². The van der Waals surface area contributed by atoms with Crippen LogP contribution in [0.2, 0.25) is 0 Å². The van der Waals surface area contributed by atoms with Gasteiger partial charge < -0.3 is 9.47 Å². The van der Waals surface area contributed by atoms with Crippen molar-refractivity contribution >= 4 is 45.5 Å². The normalized spacial score (nSPS) is 15.7. The molecule has 3 aromatic rings. The zero-order valence-corrected chi connectivity index (χ0v) is 15.5. The van der Waals surface area contributed by atoms with Gasteiger partial charge in [0, 0.05) is 41.9 Å². The van der Waals surface area contributed by atoms with E-state index in [0.29, 0.717) is 4.91 Å². The first-order valence-corrected chi connectivity index (χ1v) is 9.38. The van der Waals surface area contributed by atoms with Crippen LogP contribution in [0.5, 0.6) is 0 Å². The fourth-order valence-electron chi connectivity index (χ4n) is 3.18. The summed E-state index contributed by atoms with van der Waals surface area (Å²) >= 11 is 1.44. The molecule has 26 heavy (non-hydrogen) atoms. The number of hydrogen-bond acceptors (Lipinski definition) is 3. The molecule has 1 amide bonds. The number of aliphatic imine (C=N–C) groups is 1. The van der Waals surface area contributed by atoms with Gasteiger partial charge in [-0.3, -0.25) is 4.79 Å². The predicted molar refractivity (Wildman–Crippen MR) is 110 cm³/mol. The van der Waals surface area contributed by atoms with Crippen LogP contribution >= 0.6 is 11.8 Å². The van der Waals surface area contributed by atoms with Gasteiger partial charge in [0.05, 0.1) is 4.91 Å². The van der Waals surface area contributed by atoms with E-state index in [2.05, 4.69) is 39.7 Å². The lowest BCUT2D eigenvalue weighted by Gasteiger charge is -2.21. The maximum Gasteiger partial charge on any atom is 0.286 e. The number of aryl methyl sites for hydroxylation is 1. The highest BCUT2D eigenvalue weighted by Crippen LogP contribution is 2.33. The molecule has 5 heteroatoms. The van der Waals surface area contributed by atoms with E-state index < -0.39 is 0 Å². The fourth-order valence-corrected chi connectivity index (χ4v) is 4.17. The third-order valence-corrected chi connectivity index (χ3v) is 5.45. The minimum absolute atomic E-state index is 0.174. The molecule has 4 rings (SSSR count). The average Bonchev–Trinajstić information content (AvgIpc) is 3.18. The maximum absolute atomic E-state index is 12.5. The number of aromatic nitrogens is 1. The number of carbonyl (C=O) groups excluding carboxylic acids is 1. The van der Waals surface area contributed by atoms with Gasteiger partial charge in [0.2, 0.25) is 0 Å². The van der Waals surface area contributed by atoms with E-state index >= 15 is 0 Å². The molecule has 2 aromatic carbocycles. The average molecular weight is 361 g/mol. The Kier molecular flexibility index (Phi) is 4.39. The van der Waals surface area contributed by atoms with E-state index in [4.69, 9.17) is 0 Å². The largest absolute Gasteiger partial charge is 0.350 e. The third-order valence-electron chi connectivity index (χ3n) is 4.44. The number of anilines is 1. The van der Waals surface area contributed by atoms with Crippen LogP contribution in [0.4, 0.5) is 5.69 Å². The van der Waals surface area contributed by atoms with Crippen molar-refractivity contribution in [3.8, 4) is 0 Å². The Bertz CT molecular complexity index is 1030. The molecule has 1 aliphatic rings. The predicted octanol–water partition coefficient (Wildman–Crippen LogP) is 4.68. The van der Waals surface area contributed by atoms with Crippen LogP contribution in [-0.2, 0) is 11.8 Å². The van der Waals surface area contributed by atoms with Gasteiger partial charge in [-0.15, -0.1) is 0 Å². The van der Waals surface area contributed by atoms with Crippen LogP contribution in [0.25, 0.3) is 17.0 Å². The number of amidine groups is 1. The highest BCUT2D eigenvalue weighted by atomic mass is 32.2. The van der Waals surface area contributed by atoms with Crippen molar-refractivity contribution in [1.29, 1.82) is 0 Å². The zero-order chi connectivity index (χ0) is 18.1. The van der Waals surface area contributed by atoms with Gasteiger partial charge in [0.25, 0.3) is 5.91 Å². The maximum atomic E-state index is 12.5. The third kappa shape index (κ3) is 2.95. The van der Waals surface area contributed by atoms with Crippen LogP contribution in [0, 0.1) is 0 Å². The summed E-state index contributed by atoms with van der Waals surface area (Å²) in [5.74, 6) is -0.174. The van der Waals surface area contributed by atoms with E-state index in [0.717, 1.165) is 33.9 Å². The number of thioether (sulfide) groups is 1. The molecule has 0 spiro atoms. The van der Waals surface area contributed by atoms with Crippen LogP contribution < -0.4 is 4.90 Å². The van der Waals surface area contributed by atoms with Crippen LogP contribution in [0.3, 0.4) is 0 Å². The Morgan fingerprint density at radius 1 is 1.12 bits per heavy atom. The van der Waals surface area contributed by atoms with Gasteiger partial charge >= 0.3 is 0 Å². The number of para-hydroxylation sites is 2. The van der Waals surface area contributed by atoms with Crippen LogP contribution in [0.1, 0.15) is 12.5 Å². The highest BCUT2D eigenvalue weighted by molar-refractivity contribution is 8.18. The van der Waals surface area contributed by atoms with Crippen molar-refractivity contribution in [2.75, 3.05) is 11.4 Å². The summed E-state index contributed by atoms with van der Waals surface area (Å²) in [5, 5.41) is 1.87. The van der Waals surface area contributed by atoms with E-state index in [1.165, 1.54) is 11.8 Å². The fraction of sp³-hybridized carbons (Fsp3) is 0.143. The van der Waals surface area contributed by atoms with Gasteiger partial charge in [-0.1, -0.05) is 36.4 Å². The summed E-state index contributed by atoms with van der Waals surface area (Å²) < 4.78 is 2.08. The van der Waals surface area contributed by atoms with E-state index in [9.17, 15) is 4.79 Å². The standard InChI is InChI=1S/C21H19N3OS/c1-3-24(16-9-5-4-6-10-16)21-22-20(25)19(26-21)13-15-14-23(2)18-12-8-7-11-17(15)18/h4-14H,3H2,1-2H3/b19-13-. The molecule has 1 aromatic heterocycles. The molecule has 0 bridgehead atoms. The van der Waals surface area contributed by atoms with Gasteiger partial charge in [-0.05, 0) is 43.0 Å². The number of amides is 1. The smallest absolute Gasteiger partial charge is 0.286 e. The quantitative estimate of drug-likeness (QED) is 0.636. The molecule has 0 atom stereocenters. The summed E-state index contributed by atoms with van der Waals surface area (Å²) in [7, 11) is 2.02.